The highest BCUT2D eigenvalue weighted by Crippen LogP contribution is 2.36. The number of hydrogen-bond donors (Lipinski definition) is 0. The molecule has 0 aliphatic carbocycles. The van der Waals surface area contributed by atoms with E-state index in [4.69, 9.17) is 0 Å². The minimum Gasteiger partial charge on any atom is -0.0995 e. The normalized spacial score (nSPS) is 15.7. The van der Waals surface area contributed by atoms with E-state index in [0.29, 0.717) is 11.8 Å². The van der Waals surface area contributed by atoms with Gasteiger partial charge in [-0.3, -0.25) is 0 Å². The van der Waals surface area contributed by atoms with Crippen LogP contribution in [-0.4, -0.2) is 6.71 Å². The second-order valence-corrected chi connectivity index (χ2v) is 7.75. The molecule has 0 spiro atoms. The molecule has 0 unspecified atom stereocenters. The van der Waals surface area contributed by atoms with E-state index >= 15 is 0 Å². The average Bonchev–Trinajstić information content (AvgIpc) is 2.86. The fourth-order valence-corrected chi connectivity index (χ4v) is 4.18. The standard InChI is InChI=1S/C25H33B/c1-9-13-22-19(8)24(14-10-2)26(23(22)11-3)25-20(17(4)5)15-12-16-21(25)18(6)7/h9-18H,3H2,1-2,4-8H3/b13-9-,14-10-. The maximum atomic E-state index is 4.19. The van der Waals surface area contributed by atoms with Gasteiger partial charge in [0.2, 0.25) is 6.71 Å². The highest BCUT2D eigenvalue weighted by molar-refractivity contribution is 6.89. The third-order valence-corrected chi connectivity index (χ3v) is 5.38. The second-order valence-electron chi connectivity index (χ2n) is 7.75. The molecular weight excluding hydrogens is 311 g/mol. The first-order valence-electron chi connectivity index (χ1n) is 9.84. The average molecular weight is 344 g/mol. The van der Waals surface area contributed by atoms with E-state index in [1.54, 1.807) is 0 Å². The third kappa shape index (κ3) is 3.58. The first-order valence-corrected chi connectivity index (χ1v) is 9.84. The smallest absolute Gasteiger partial charge is 0.0995 e. The van der Waals surface area contributed by atoms with Crippen molar-refractivity contribution in [3.63, 3.8) is 0 Å². The first-order chi connectivity index (χ1) is 12.4. The van der Waals surface area contributed by atoms with Crippen LogP contribution in [0.5, 0.6) is 0 Å². The summed E-state index contributed by atoms with van der Waals surface area (Å²) in [4.78, 5) is 0. The maximum absolute atomic E-state index is 4.19. The molecular formula is C25H33B. The quantitative estimate of drug-likeness (QED) is 0.505. The van der Waals surface area contributed by atoms with E-state index in [9.17, 15) is 0 Å². The van der Waals surface area contributed by atoms with Crippen molar-refractivity contribution < 1.29 is 0 Å². The molecule has 1 aliphatic heterocycles. The fraction of sp³-hybridized carbons (Fsp3) is 0.360. The Bertz CT molecular complexity index is 771. The lowest BCUT2D eigenvalue weighted by Crippen LogP contribution is -2.39. The number of benzene rings is 1. The lowest BCUT2D eigenvalue weighted by molar-refractivity contribution is 0.845. The topological polar surface area (TPSA) is 0 Å². The van der Waals surface area contributed by atoms with E-state index in [2.05, 4.69) is 104 Å². The Hall–Kier alpha value is -2.02. The molecule has 2 rings (SSSR count). The molecule has 0 fully saturated rings. The monoisotopic (exact) mass is 344 g/mol. The molecule has 0 aromatic heterocycles. The van der Waals surface area contributed by atoms with Gasteiger partial charge in [-0.05, 0) is 54.9 Å². The van der Waals surface area contributed by atoms with Crippen molar-refractivity contribution in [1.29, 1.82) is 0 Å². The van der Waals surface area contributed by atoms with Gasteiger partial charge < -0.3 is 0 Å². The molecule has 0 radical (unpaired) electrons. The minimum atomic E-state index is 0.269. The van der Waals surface area contributed by atoms with Crippen molar-refractivity contribution in [1.82, 2.24) is 0 Å². The molecule has 0 amide bonds. The zero-order valence-corrected chi connectivity index (χ0v) is 17.6. The molecule has 1 aromatic rings. The van der Waals surface area contributed by atoms with Crippen molar-refractivity contribution in [3.8, 4) is 0 Å². The molecule has 0 saturated carbocycles. The summed E-state index contributed by atoms with van der Waals surface area (Å²) in [7, 11) is 0. The van der Waals surface area contributed by atoms with Gasteiger partial charge in [0.05, 0.1) is 0 Å². The Labute approximate surface area is 161 Å². The summed E-state index contributed by atoms with van der Waals surface area (Å²) in [6.45, 7) is 20.1. The Kier molecular flexibility index (Phi) is 6.70. The summed E-state index contributed by atoms with van der Waals surface area (Å²) in [6, 6.07) is 6.84. The Balaban J connectivity index is 2.90. The molecule has 26 heavy (non-hydrogen) atoms. The van der Waals surface area contributed by atoms with Gasteiger partial charge in [0.25, 0.3) is 0 Å². The van der Waals surface area contributed by atoms with Gasteiger partial charge in [-0.25, -0.2) is 0 Å². The van der Waals surface area contributed by atoms with Crippen LogP contribution >= 0.6 is 0 Å². The molecule has 1 heterocycles. The summed E-state index contributed by atoms with van der Waals surface area (Å²) in [6.07, 6.45) is 10.9. The predicted molar refractivity (Wildman–Crippen MR) is 120 cm³/mol. The fourth-order valence-electron chi connectivity index (χ4n) is 4.18. The summed E-state index contributed by atoms with van der Waals surface area (Å²) in [5.74, 6) is 0.986. The van der Waals surface area contributed by atoms with Gasteiger partial charge in [-0.1, -0.05) is 99.3 Å². The maximum Gasteiger partial charge on any atom is 0.243 e. The van der Waals surface area contributed by atoms with Gasteiger partial charge in [-0.15, -0.1) is 0 Å². The first kappa shape index (κ1) is 20.3. The molecule has 0 atom stereocenters. The Morgan fingerprint density at radius 1 is 0.885 bits per heavy atom. The van der Waals surface area contributed by atoms with Crippen LogP contribution in [0.15, 0.2) is 77.2 Å². The largest absolute Gasteiger partial charge is 0.243 e. The molecule has 0 nitrogen and oxygen atoms in total. The van der Waals surface area contributed by atoms with Crippen LogP contribution in [0.2, 0.25) is 0 Å². The van der Waals surface area contributed by atoms with Gasteiger partial charge in [-0.2, -0.15) is 0 Å². The van der Waals surface area contributed by atoms with E-state index in [-0.39, 0.29) is 6.71 Å². The summed E-state index contributed by atoms with van der Waals surface area (Å²) in [5.41, 5.74) is 9.84. The number of rotatable bonds is 6. The number of hydrogen-bond acceptors (Lipinski definition) is 0. The lowest BCUT2D eigenvalue weighted by atomic mass is 9.35. The molecule has 1 heteroatoms. The van der Waals surface area contributed by atoms with Crippen LogP contribution in [0.4, 0.5) is 0 Å². The zero-order chi connectivity index (χ0) is 19.4. The summed E-state index contributed by atoms with van der Waals surface area (Å²) in [5, 5.41) is 0. The van der Waals surface area contributed by atoms with Crippen LogP contribution in [0.1, 0.15) is 71.4 Å². The van der Waals surface area contributed by atoms with Crippen LogP contribution in [0, 0.1) is 0 Å². The summed E-state index contributed by atoms with van der Waals surface area (Å²) < 4.78 is 0. The minimum absolute atomic E-state index is 0.269. The SMILES string of the molecule is C=CC1=C(/C=C\C)C(C)=C(/C=C\C)B1c1c(C(C)C)cccc1C(C)C. The van der Waals surface area contributed by atoms with Crippen molar-refractivity contribution in [3.05, 3.63) is 88.4 Å². The van der Waals surface area contributed by atoms with E-state index < -0.39 is 0 Å². The lowest BCUT2D eigenvalue weighted by Gasteiger charge is -2.25. The van der Waals surface area contributed by atoms with Gasteiger partial charge in [0.1, 0.15) is 0 Å². The van der Waals surface area contributed by atoms with Crippen LogP contribution < -0.4 is 5.46 Å². The van der Waals surface area contributed by atoms with Gasteiger partial charge in [0, 0.05) is 0 Å². The third-order valence-electron chi connectivity index (χ3n) is 5.38. The van der Waals surface area contributed by atoms with Crippen molar-refractivity contribution >= 4 is 12.2 Å². The van der Waals surface area contributed by atoms with E-state index in [1.807, 2.05) is 0 Å². The molecule has 1 aliphatic rings. The van der Waals surface area contributed by atoms with E-state index in [0.717, 1.165) is 0 Å². The van der Waals surface area contributed by atoms with Crippen LogP contribution in [-0.2, 0) is 0 Å². The highest BCUT2D eigenvalue weighted by atomic mass is 14.2. The molecule has 0 saturated heterocycles. The molecule has 0 bridgehead atoms. The van der Waals surface area contributed by atoms with Crippen LogP contribution in [0.25, 0.3) is 0 Å². The molecule has 0 N–H and O–H groups in total. The Morgan fingerprint density at radius 3 is 1.85 bits per heavy atom. The van der Waals surface area contributed by atoms with Crippen molar-refractivity contribution in [2.75, 3.05) is 0 Å². The van der Waals surface area contributed by atoms with Crippen molar-refractivity contribution in [2.45, 2.75) is 60.3 Å². The van der Waals surface area contributed by atoms with E-state index in [1.165, 1.54) is 38.7 Å². The van der Waals surface area contributed by atoms with Gasteiger partial charge >= 0.3 is 0 Å². The Morgan fingerprint density at radius 2 is 1.42 bits per heavy atom. The highest BCUT2D eigenvalue weighted by Gasteiger charge is 2.36. The summed E-state index contributed by atoms with van der Waals surface area (Å²) >= 11 is 0. The van der Waals surface area contributed by atoms with Gasteiger partial charge in [0.15, 0.2) is 0 Å². The zero-order valence-electron chi connectivity index (χ0n) is 17.6. The predicted octanol–water partition coefficient (Wildman–Crippen LogP) is 6.68. The molecule has 1 aromatic carbocycles. The molecule has 136 valence electrons. The van der Waals surface area contributed by atoms with Crippen molar-refractivity contribution in [2.24, 2.45) is 0 Å². The second kappa shape index (κ2) is 8.58. The number of allylic oxidation sites excluding steroid dienone is 9. The van der Waals surface area contributed by atoms with Crippen LogP contribution in [0.3, 0.4) is 0 Å².